The van der Waals surface area contributed by atoms with Gasteiger partial charge in [-0.15, -0.1) is 13.3 Å². The Bertz CT molecular complexity index is 447. The number of hydrogen-bond donors (Lipinski definition) is 0. The maximum Gasteiger partial charge on any atom is 0.401 e. The third kappa shape index (κ3) is 5.21. The Morgan fingerprint density at radius 1 is 0.591 bits per heavy atom. The Balaban J connectivity index is 2.34. The standard InChI is InChI=1S/C16H23F5N/c1-2-3-4-5-6-7-8-9-10-11-22-15(20)13(18)12(17)14(19)16(22)21/h2-11H2,1H3/q+1. The predicted octanol–water partition coefficient (Wildman–Crippen LogP) is 5.20. The van der Waals surface area contributed by atoms with E-state index in [1.54, 1.807) is 0 Å². The molecule has 0 aliphatic carbocycles. The first-order valence-electron chi connectivity index (χ1n) is 7.92. The van der Waals surface area contributed by atoms with Crippen LogP contribution in [0.1, 0.15) is 64.7 Å². The summed E-state index contributed by atoms with van der Waals surface area (Å²) in [4.78, 5) is 0. The molecule has 1 aromatic rings. The maximum atomic E-state index is 13.4. The van der Waals surface area contributed by atoms with Crippen molar-refractivity contribution in [1.82, 2.24) is 0 Å². The van der Waals surface area contributed by atoms with Crippen LogP contribution in [0.3, 0.4) is 0 Å². The first kappa shape index (κ1) is 18.8. The molecule has 0 N–H and O–H groups in total. The first-order chi connectivity index (χ1) is 10.5. The highest BCUT2D eigenvalue weighted by molar-refractivity contribution is 4.99. The molecule has 0 bridgehead atoms. The van der Waals surface area contributed by atoms with Crippen molar-refractivity contribution < 1.29 is 26.5 Å². The Kier molecular flexibility index (Phi) is 8.35. The van der Waals surface area contributed by atoms with E-state index < -0.39 is 29.3 Å². The molecule has 0 aromatic carbocycles. The van der Waals surface area contributed by atoms with Crippen LogP contribution >= 0.6 is 0 Å². The number of hydrogen-bond acceptors (Lipinski definition) is 0. The van der Waals surface area contributed by atoms with Crippen molar-refractivity contribution >= 4 is 0 Å². The summed E-state index contributed by atoms with van der Waals surface area (Å²) >= 11 is 0. The normalized spacial score (nSPS) is 11.2. The number of pyridine rings is 1. The monoisotopic (exact) mass is 324 g/mol. The van der Waals surface area contributed by atoms with Crippen molar-refractivity contribution in [2.45, 2.75) is 71.3 Å². The van der Waals surface area contributed by atoms with E-state index in [-0.39, 0.29) is 11.1 Å². The van der Waals surface area contributed by atoms with Crippen molar-refractivity contribution in [2.75, 3.05) is 0 Å². The van der Waals surface area contributed by atoms with E-state index in [0.29, 0.717) is 12.8 Å². The zero-order valence-electron chi connectivity index (χ0n) is 12.9. The molecule has 1 rings (SSSR count). The number of nitrogens with zero attached hydrogens (tertiary/aromatic N) is 1. The third-order valence-electron chi connectivity index (χ3n) is 3.71. The van der Waals surface area contributed by atoms with Crippen LogP contribution in [0.2, 0.25) is 0 Å². The summed E-state index contributed by atoms with van der Waals surface area (Å²) < 4.78 is 65.9. The van der Waals surface area contributed by atoms with Crippen LogP contribution < -0.4 is 4.57 Å². The van der Waals surface area contributed by atoms with Crippen molar-refractivity contribution in [3.8, 4) is 0 Å². The molecule has 0 saturated carbocycles. The number of halogens is 5. The lowest BCUT2D eigenvalue weighted by molar-refractivity contribution is -0.753. The average Bonchev–Trinajstić information content (AvgIpc) is 2.52. The zero-order valence-corrected chi connectivity index (χ0v) is 12.9. The molecule has 0 unspecified atom stereocenters. The van der Waals surface area contributed by atoms with Gasteiger partial charge in [-0.3, -0.25) is 0 Å². The highest BCUT2D eigenvalue weighted by Gasteiger charge is 2.32. The van der Waals surface area contributed by atoms with E-state index in [4.69, 9.17) is 0 Å². The smallest absolute Gasteiger partial charge is 0.200 e. The first-order valence-corrected chi connectivity index (χ1v) is 7.92. The van der Waals surface area contributed by atoms with Gasteiger partial charge in [0, 0.05) is 6.42 Å². The lowest BCUT2D eigenvalue weighted by atomic mass is 10.1. The van der Waals surface area contributed by atoms with E-state index in [9.17, 15) is 22.0 Å². The second kappa shape index (κ2) is 9.74. The highest BCUT2D eigenvalue weighted by atomic mass is 19.2. The number of unbranched alkanes of at least 4 members (excludes halogenated alkanes) is 8. The molecule has 22 heavy (non-hydrogen) atoms. The third-order valence-corrected chi connectivity index (χ3v) is 3.71. The van der Waals surface area contributed by atoms with Crippen LogP contribution in [0.25, 0.3) is 0 Å². The van der Waals surface area contributed by atoms with Crippen LogP contribution in [0.4, 0.5) is 22.0 Å². The molecule has 1 nitrogen and oxygen atoms in total. The van der Waals surface area contributed by atoms with E-state index in [2.05, 4.69) is 6.92 Å². The summed E-state index contributed by atoms with van der Waals surface area (Å²) in [5.74, 6) is -9.46. The fourth-order valence-electron chi connectivity index (χ4n) is 2.38. The molecule has 0 saturated heterocycles. The summed E-state index contributed by atoms with van der Waals surface area (Å²) in [5, 5.41) is 0. The second-order valence-corrected chi connectivity index (χ2v) is 5.50. The number of aromatic nitrogens is 1. The average molecular weight is 324 g/mol. The molecule has 0 amide bonds. The van der Waals surface area contributed by atoms with E-state index in [0.717, 1.165) is 19.3 Å². The van der Waals surface area contributed by atoms with Gasteiger partial charge in [0.05, 0.1) is 0 Å². The molecule has 0 fully saturated rings. The van der Waals surface area contributed by atoms with Gasteiger partial charge in [-0.25, -0.2) is 0 Å². The summed E-state index contributed by atoms with van der Waals surface area (Å²) in [5.41, 5.74) is 0. The molecule has 0 aliphatic rings. The highest BCUT2D eigenvalue weighted by Crippen LogP contribution is 2.14. The Hall–Kier alpha value is -1.20. The zero-order chi connectivity index (χ0) is 16.5. The fraction of sp³-hybridized carbons (Fsp3) is 0.688. The largest absolute Gasteiger partial charge is 0.401 e. The van der Waals surface area contributed by atoms with E-state index in [1.165, 1.54) is 25.7 Å². The molecular weight excluding hydrogens is 301 g/mol. The SMILES string of the molecule is CCCCCCCCCCC[n+]1c(F)c(F)c(F)c(F)c1F. The fourth-order valence-corrected chi connectivity index (χ4v) is 2.38. The number of rotatable bonds is 10. The molecule has 1 heterocycles. The van der Waals surface area contributed by atoms with Gasteiger partial charge in [0.15, 0.2) is 6.54 Å². The van der Waals surface area contributed by atoms with E-state index >= 15 is 0 Å². The van der Waals surface area contributed by atoms with E-state index in [1.807, 2.05) is 0 Å². The molecule has 0 aliphatic heterocycles. The van der Waals surface area contributed by atoms with Gasteiger partial charge in [-0.1, -0.05) is 51.9 Å². The Morgan fingerprint density at radius 2 is 1.00 bits per heavy atom. The van der Waals surface area contributed by atoms with Gasteiger partial charge < -0.3 is 0 Å². The minimum atomic E-state index is -2.11. The molecular formula is C16H23F5N+. The molecule has 6 heteroatoms. The van der Waals surface area contributed by atoms with Gasteiger partial charge in [0.1, 0.15) is 0 Å². The van der Waals surface area contributed by atoms with Gasteiger partial charge in [0.2, 0.25) is 5.82 Å². The van der Waals surface area contributed by atoms with Crippen LogP contribution in [0.15, 0.2) is 0 Å². The summed E-state index contributed by atoms with van der Waals surface area (Å²) in [7, 11) is 0. The molecule has 126 valence electrons. The lowest BCUT2D eigenvalue weighted by Crippen LogP contribution is -2.45. The summed E-state index contributed by atoms with van der Waals surface area (Å²) in [6.45, 7) is 1.94. The maximum absolute atomic E-state index is 13.4. The van der Waals surface area contributed by atoms with Crippen molar-refractivity contribution in [3.05, 3.63) is 29.3 Å². The topological polar surface area (TPSA) is 3.88 Å². The molecule has 1 aromatic heterocycles. The predicted molar refractivity (Wildman–Crippen MR) is 73.7 cm³/mol. The lowest BCUT2D eigenvalue weighted by Gasteiger charge is -2.03. The Morgan fingerprint density at radius 3 is 1.45 bits per heavy atom. The van der Waals surface area contributed by atoms with Crippen LogP contribution in [0, 0.1) is 29.3 Å². The van der Waals surface area contributed by atoms with Crippen LogP contribution in [-0.2, 0) is 6.54 Å². The van der Waals surface area contributed by atoms with Gasteiger partial charge >= 0.3 is 11.9 Å². The minimum Gasteiger partial charge on any atom is -0.200 e. The minimum absolute atomic E-state index is 0.207. The van der Waals surface area contributed by atoms with Crippen LogP contribution in [-0.4, -0.2) is 0 Å². The quantitative estimate of drug-likeness (QED) is 0.241. The molecule has 0 atom stereocenters. The van der Waals surface area contributed by atoms with Gasteiger partial charge in [-0.05, 0) is 6.42 Å². The van der Waals surface area contributed by atoms with Crippen LogP contribution in [0.5, 0.6) is 0 Å². The molecule has 0 radical (unpaired) electrons. The molecule has 0 spiro atoms. The second-order valence-electron chi connectivity index (χ2n) is 5.50. The Labute approximate surface area is 128 Å². The van der Waals surface area contributed by atoms with Crippen molar-refractivity contribution in [1.29, 1.82) is 0 Å². The summed E-state index contributed by atoms with van der Waals surface area (Å²) in [6, 6.07) is 0. The van der Waals surface area contributed by atoms with Gasteiger partial charge in [0.25, 0.3) is 11.6 Å². The van der Waals surface area contributed by atoms with Crippen molar-refractivity contribution in [3.63, 3.8) is 0 Å². The van der Waals surface area contributed by atoms with Gasteiger partial charge in [-0.2, -0.15) is 13.2 Å². The van der Waals surface area contributed by atoms with Crippen molar-refractivity contribution in [2.24, 2.45) is 0 Å². The summed E-state index contributed by atoms with van der Waals surface area (Å²) in [6.07, 6.45) is 8.98.